The summed E-state index contributed by atoms with van der Waals surface area (Å²) < 4.78 is 27.8. The molecule has 1 saturated heterocycles. The molecule has 1 unspecified atom stereocenters. The maximum atomic E-state index is 12.5. The lowest BCUT2D eigenvalue weighted by Crippen LogP contribution is -2.47. The van der Waals surface area contributed by atoms with Gasteiger partial charge in [-0.1, -0.05) is 30.3 Å². The van der Waals surface area contributed by atoms with Crippen molar-refractivity contribution in [2.75, 3.05) is 13.1 Å². The van der Waals surface area contributed by atoms with Crippen LogP contribution in [0.4, 0.5) is 0 Å². The summed E-state index contributed by atoms with van der Waals surface area (Å²) in [5.41, 5.74) is -0.398. The molecule has 1 atom stereocenters. The number of hydrogen-bond donors (Lipinski definition) is 2. The van der Waals surface area contributed by atoms with Crippen molar-refractivity contribution in [1.82, 2.24) is 10.0 Å². The first-order chi connectivity index (χ1) is 9.49. The van der Waals surface area contributed by atoms with Crippen molar-refractivity contribution in [2.24, 2.45) is 0 Å². The predicted molar refractivity (Wildman–Crippen MR) is 80.2 cm³/mol. The summed E-state index contributed by atoms with van der Waals surface area (Å²) in [7, 11) is -3.48. The van der Waals surface area contributed by atoms with Crippen LogP contribution in [-0.2, 0) is 10.0 Å². The van der Waals surface area contributed by atoms with Gasteiger partial charge in [0, 0.05) is 12.1 Å². The van der Waals surface area contributed by atoms with E-state index in [2.05, 4.69) is 10.0 Å². The molecule has 1 aliphatic heterocycles. The number of hydrogen-bond acceptors (Lipinski definition) is 3. The molecule has 20 heavy (non-hydrogen) atoms. The van der Waals surface area contributed by atoms with Crippen LogP contribution in [0.5, 0.6) is 0 Å². The summed E-state index contributed by atoms with van der Waals surface area (Å²) in [6, 6.07) is 13.0. The molecular formula is C15H18N2O2S. The Hall–Kier alpha value is -1.43. The Balaban J connectivity index is 1.96. The van der Waals surface area contributed by atoms with Crippen LogP contribution in [0.2, 0.25) is 0 Å². The summed E-state index contributed by atoms with van der Waals surface area (Å²) in [4.78, 5) is 0.323. The first kappa shape index (κ1) is 13.5. The van der Waals surface area contributed by atoms with Gasteiger partial charge in [0.1, 0.15) is 0 Å². The Morgan fingerprint density at radius 1 is 1.15 bits per heavy atom. The fraction of sp³-hybridized carbons (Fsp3) is 0.333. The zero-order chi connectivity index (χ0) is 14.2. The van der Waals surface area contributed by atoms with Crippen molar-refractivity contribution < 1.29 is 8.42 Å². The van der Waals surface area contributed by atoms with Gasteiger partial charge in [-0.25, -0.2) is 13.1 Å². The van der Waals surface area contributed by atoms with E-state index in [1.807, 2.05) is 37.3 Å². The van der Waals surface area contributed by atoms with Crippen LogP contribution in [0.25, 0.3) is 10.8 Å². The molecule has 2 N–H and O–H groups in total. The van der Waals surface area contributed by atoms with E-state index in [9.17, 15) is 8.42 Å². The van der Waals surface area contributed by atoms with Gasteiger partial charge >= 0.3 is 0 Å². The molecule has 0 aliphatic carbocycles. The maximum absolute atomic E-state index is 12.5. The monoisotopic (exact) mass is 290 g/mol. The highest BCUT2D eigenvalue weighted by Crippen LogP contribution is 2.22. The highest BCUT2D eigenvalue weighted by atomic mass is 32.2. The van der Waals surface area contributed by atoms with Crippen molar-refractivity contribution in [3.05, 3.63) is 42.5 Å². The third kappa shape index (κ3) is 2.57. The van der Waals surface area contributed by atoms with Crippen LogP contribution in [0.1, 0.15) is 13.3 Å². The van der Waals surface area contributed by atoms with Crippen molar-refractivity contribution in [3.63, 3.8) is 0 Å². The van der Waals surface area contributed by atoms with Gasteiger partial charge in [0.2, 0.25) is 10.0 Å². The second-order valence-electron chi connectivity index (χ2n) is 5.60. The lowest BCUT2D eigenvalue weighted by atomic mass is 10.0. The second-order valence-corrected chi connectivity index (χ2v) is 7.28. The van der Waals surface area contributed by atoms with E-state index in [1.165, 1.54) is 0 Å². The topological polar surface area (TPSA) is 58.2 Å². The Morgan fingerprint density at radius 3 is 2.60 bits per heavy atom. The normalized spacial score (nSPS) is 23.2. The van der Waals surface area contributed by atoms with E-state index < -0.39 is 15.6 Å². The van der Waals surface area contributed by atoms with E-state index in [0.29, 0.717) is 11.4 Å². The van der Waals surface area contributed by atoms with Crippen molar-refractivity contribution in [2.45, 2.75) is 23.8 Å². The van der Waals surface area contributed by atoms with Gasteiger partial charge in [0.05, 0.1) is 4.90 Å². The van der Waals surface area contributed by atoms with Gasteiger partial charge in [0.15, 0.2) is 0 Å². The van der Waals surface area contributed by atoms with Gasteiger partial charge in [-0.3, -0.25) is 0 Å². The largest absolute Gasteiger partial charge is 0.315 e. The van der Waals surface area contributed by atoms with Gasteiger partial charge in [-0.05, 0) is 42.8 Å². The van der Waals surface area contributed by atoms with Crippen LogP contribution in [-0.4, -0.2) is 27.0 Å². The Kier molecular flexibility index (Phi) is 3.28. The minimum atomic E-state index is -3.48. The zero-order valence-electron chi connectivity index (χ0n) is 11.4. The predicted octanol–water partition coefficient (Wildman–Crippen LogP) is 1.87. The standard InChI is InChI=1S/C15H18N2O2S/c1-15(8-9-16-11-15)17-20(18,19)14-7-6-12-4-2-3-5-13(12)10-14/h2-7,10,16-17H,8-9,11H2,1H3. The van der Waals surface area contributed by atoms with Gasteiger partial charge < -0.3 is 5.32 Å². The Bertz CT molecular complexity index is 734. The minimum Gasteiger partial charge on any atom is -0.315 e. The fourth-order valence-electron chi connectivity index (χ4n) is 2.62. The first-order valence-electron chi connectivity index (χ1n) is 6.72. The molecule has 2 aromatic carbocycles. The Morgan fingerprint density at radius 2 is 1.90 bits per heavy atom. The molecule has 0 saturated carbocycles. The quantitative estimate of drug-likeness (QED) is 0.907. The summed E-state index contributed by atoms with van der Waals surface area (Å²) in [5, 5.41) is 5.17. The van der Waals surface area contributed by atoms with Gasteiger partial charge in [-0.15, -0.1) is 0 Å². The van der Waals surface area contributed by atoms with E-state index in [0.717, 1.165) is 23.7 Å². The van der Waals surface area contributed by atoms with E-state index >= 15 is 0 Å². The molecule has 1 heterocycles. The molecule has 4 nitrogen and oxygen atoms in total. The van der Waals surface area contributed by atoms with Crippen LogP contribution in [0.15, 0.2) is 47.4 Å². The molecule has 1 aliphatic rings. The zero-order valence-corrected chi connectivity index (χ0v) is 12.2. The molecule has 0 bridgehead atoms. The van der Waals surface area contributed by atoms with Gasteiger partial charge in [0.25, 0.3) is 0 Å². The number of rotatable bonds is 3. The highest BCUT2D eigenvalue weighted by molar-refractivity contribution is 7.89. The lowest BCUT2D eigenvalue weighted by Gasteiger charge is -2.24. The molecule has 5 heteroatoms. The molecule has 0 aromatic heterocycles. The lowest BCUT2D eigenvalue weighted by molar-refractivity contribution is 0.452. The number of benzene rings is 2. The number of sulfonamides is 1. The van der Waals surface area contributed by atoms with Crippen LogP contribution in [0.3, 0.4) is 0 Å². The van der Waals surface area contributed by atoms with Crippen LogP contribution >= 0.6 is 0 Å². The molecule has 3 rings (SSSR count). The summed E-state index contributed by atoms with van der Waals surface area (Å²) >= 11 is 0. The number of nitrogens with one attached hydrogen (secondary N) is 2. The summed E-state index contributed by atoms with van der Waals surface area (Å²) in [6.07, 6.45) is 0.805. The molecule has 106 valence electrons. The molecular weight excluding hydrogens is 272 g/mol. The smallest absolute Gasteiger partial charge is 0.241 e. The third-order valence-electron chi connectivity index (χ3n) is 3.78. The third-order valence-corrected chi connectivity index (χ3v) is 5.42. The summed E-state index contributed by atoms with van der Waals surface area (Å²) in [6.45, 7) is 3.45. The first-order valence-corrected chi connectivity index (χ1v) is 8.20. The number of fused-ring (bicyclic) bond motifs is 1. The molecule has 2 aromatic rings. The van der Waals surface area contributed by atoms with E-state index in [1.54, 1.807) is 12.1 Å². The van der Waals surface area contributed by atoms with E-state index in [-0.39, 0.29) is 0 Å². The van der Waals surface area contributed by atoms with Crippen molar-refractivity contribution >= 4 is 20.8 Å². The fourth-order valence-corrected chi connectivity index (χ4v) is 4.09. The van der Waals surface area contributed by atoms with Crippen molar-refractivity contribution in [1.29, 1.82) is 0 Å². The van der Waals surface area contributed by atoms with Crippen LogP contribution in [0, 0.1) is 0 Å². The molecule has 0 spiro atoms. The average Bonchev–Trinajstić information content (AvgIpc) is 2.83. The maximum Gasteiger partial charge on any atom is 0.241 e. The molecule has 0 radical (unpaired) electrons. The average molecular weight is 290 g/mol. The van der Waals surface area contributed by atoms with Crippen LogP contribution < -0.4 is 10.0 Å². The van der Waals surface area contributed by atoms with E-state index in [4.69, 9.17) is 0 Å². The van der Waals surface area contributed by atoms with Gasteiger partial charge in [-0.2, -0.15) is 0 Å². The highest BCUT2D eigenvalue weighted by Gasteiger charge is 2.33. The van der Waals surface area contributed by atoms with Crippen molar-refractivity contribution in [3.8, 4) is 0 Å². The second kappa shape index (κ2) is 4.84. The molecule has 1 fully saturated rings. The molecule has 0 amide bonds. The SMILES string of the molecule is CC1(NS(=O)(=O)c2ccc3ccccc3c2)CCNC1. The minimum absolute atomic E-state index is 0.323. The summed E-state index contributed by atoms with van der Waals surface area (Å²) in [5.74, 6) is 0. The Labute approximate surface area is 119 Å².